The predicted octanol–water partition coefficient (Wildman–Crippen LogP) is 14.1. The molecule has 1 aliphatic carbocycles. The number of rotatable bonds is 5. The molecule has 0 saturated carbocycles. The van der Waals surface area contributed by atoms with Gasteiger partial charge >= 0.3 is 0 Å². The van der Waals surface area contributed by atoms with Crippen LogP contribution in [0.2, 0.25) is 0 Å². The van der Waals surface area contributed by atoms with Crippen LogP contribution in [-0.4, -0.2) is 12.8 Å². The smallest absolute Gasteiger partial charge is 0.252 e. The summed E-state index contributed by atoms with van der Waals surface area (Å²) in [6, 6.07) is 50.2. The second-order valence-corrected chi connectivity index (χ2v) is 22.1. The highest BCUT2D eigenvalue weighted by molar-refractivity contribution is 7.00. The summed E-state index contributed by atoms with van der Waals surface area (Å²) in [5, 5.41) is 0. The molecule has 0 bridgehead atoms. The lowest BCUT2D eigenvalue weighted by Gasteiger charge is -2.46. The molecule has 2 aliphatic heterocycles. The van der Waals surface area contributed by atoms with E-state index in [2.05, 4.69) is 261 Å². The predicted molar refractivity (Wildman–Crippen MR) is 278 cm³/mol. The topological polar surface area (TPSA) is 9.72 Å². The van der Waals surface area contributed by atoms with E-state index >= 15 is 0 Å². The lowest BCUT2D eigenvalue weighted by atomic mass is 9.33. The lowest BCUT2D eigenvalue weighted by molar-refractivity contribution is 0.515. The highest BCUT2D eigenvalue weighted by Gasteiger charge is 2.45. The van der Waals surface area contributed by atoms with Gasteiger partial charge in [-0.15, -0.1) is 0 Å². The summed E-state index contributed by atoms with van der Waals surface area (Å²) < 4.78 is 0. The Morgan fingerprint density at radius 3 is 1.58 bits per heavy atom. The zero-order valence-corrected chi connectivity index (χ0v) is 40.1. The molecule has 9 rings (SSSR count). The number of hydrogen-bond acceptors (Lipinski definition) is 3. The first-order valence-corrected chi connectivity index (χ1v) is 23.2. The second kappa shape index (κ2) is 15.8. The van der Waals surface area contributed by atoms with E-state index in [9.17, 15) is 0 Å². The van der Waals surface area contributed by atoms with Gasteiger partial charge in [0.1, 0.15) is 6.04 Å². The van der Waals surface area contributed by atoms with E-state index in [1.807, 2.05) is 0 Å². The van der Waals surface area contributed by atoms with Gasteiger partial charge in [0.2, 0.25) is 0 Å². The first-order valence-electron chi connectivity index (χ1n) is 23.2. The molecule has 0 fully saturated rings. The van der Waals surface area contributed by atoms with Gasteiger partial charge in [0.25, 0.3) is 6.71 Å². The molecular formula is C60H64BN3. The number of para-hydroxylation sites is 2. The Morgan fingerprint density at radius 1 is 0.516 bits per heavy atom. The maximum absolute atomic E-state index is 3.80. The van der Waals surface area contributed by atoms with E-state index in [1.165, 1.54) is 61.4 Å². The summed E-state index contributed by atoms with van der Waals surface area (Å²) in [6.45, 7) is 27.8. The minimum absolute atomic E-state index is 0.00492. The van der Waals surface area contributed by atoms with Crippen LogP contribution in [-0.2, 0) is 16.2 Å². The molecule has 2 heterocycles. The lowest BCUT2D eigenvalue weighted by Crippen LogP contribution is -2.63. The minimum atomic E-state index is -0.214. The van der Waals surface area contributed by atoms with Gasteiger partial charge in [-0.25, -0.2) is 0 Å². The van der Waals surface area contributed by atoms with E-state index in [0.29, 0.717) is 0 Å². The zero-order valence-electron chi connectivity index (χ0n) is 40.1. The molecule has 3 aliphatic rings. The Hall–Kier alpha value is -6.18. The Balaban J connectivity index is 1.42. The van der Waals surface area contributed by atoms with E-state index in [-0.39, 0.29) is 34.4 Å². The quantitative estimate of drug-likeness (QED) is 0.126. The third-order valence-corrected chi connectivity index (χ3v) is 13.4. The number of nitrogens with zero attached hydrogens (tertiary/aromatic N) is 3. The van der Waals surface area contributed by atoms with E-state index < -0.39 is 0 Å². The molecule has 1 unspecified atom stereocenters. The summed E-state index contributed by atoms with van der Waals surface area (Å²) in [4.78, 5) is 7.54. The molecule has 6 aromatic rings. The molecule has 6 aromatic carbocycles. The van der Waals surface area contributed by atoms with Gasteiger partial charge in [-0.1, -0.05) is 180 Å². The summed E-state index contributed by atoms with van der Waals surface area (Å²) in [5.41, 5.74) is 18.4. The molecule has 0 saturated heterocycles. The fraction of sp³-hybridized carbons (Fsp3) is 0.300. The Morgan fingerprint density at radius 2 is 1.03 bits per heavy atom. The van der Waals surface area contributed by atoms with E-state index in [4.69, 9.17) is 0 Å². The van der Waals surface area contributed by atoms with Crippen molar-refractivity contribution in [1.82, 2.24) is 0 Å². The fourth-order valence-electron chi connectivity index (χ4n) is 9.72. The first-order chi connectivity index (χ1) is 30.3. The monoisotopic (exact) mass is 838 g/mol. The van der Waals surface area contributed by atoms with Gasteiger partial charge in [0.15, 0.2) is 0 Å². The van der Waals surface area contributed by atoms with Crippen LogP contribution in [0, 0.1) is 17.3 Å². The van der Waals surface area contributed by atoms with Crippen LogP contribution < -0.4 is 31.1 Å². The van der Waals surface area contributed by atoms with Crippen molar-refractivity contribution in [3.63, 3.8) is 0 Å². The number of hydrogen-bond donors (Lipinski definition) is 0. The highest BCUT2D eigenvalue weighted by Crippen LogP contribution is 2.48. The minimum Gasteiger partial charge on any atom is -0.324 e. The summed E-state index contributed by atoms with van der Waals surface area (Å²) >= 11 is 0. The highest BCUT2D eigenvalue weighted by atomic mass is 15.2. The van der Waals surface area contributed by atoms with Crippen molar-refractivity contribution in [2.45, 2.75) is 112 Å². The molecule has 3 nitrogen and oxygen atoms in total. The van der Waals surface area contributed by atoms with Crippen molar-refractivity contribution in [2.24, 2.45) is 5.41 Å². The SMILES string of the molecule is CC(C)(C)C1=CCC#CC(N2c3ccc(C(C)(C)C)cc3B3c4cc(C(C)(C)C)ccc4N(c4ccc(C(C)(C)C)cc4)c4cc(N(c5ccccc5)c5ccccc5)cc2c43)C=C1. The van der Waals surface area contributed by atoms with Crippen LogP contribution in [0.3, 0.4) is 0 Å². The van der Waals surface area contributed by atoms with Crippen molar-refractivity contribution >= 4 is 68.6 Å². The van der Waals surface area contributed by atoms with Crippen molar-refractivity contribution < 1.29 is 0 Å². The van der Waals surface area contributed by atoms with Gasteiger partial charge in [0.05, 0.1) is 5.69 Å². The second-order valence-electron chi connectivity index (χ2n) is 22.1. The van der Waals surface area contributed by atoms with E-state index in [0.717, 1.165) is 29.2 Å². The Labute approximate surface area is 384 Å². The average molecular weight is 838 g/mol. The van der Waals surface area contributed by atoms with Crippen molar-refractivity contribution in [2.75, 3.05) is 14.7 Å². The first kappa shape index (κ1) is 43.1. The average Bonchev–Trinajstić information content (AvgIpc) is 3.23. The maximum Gasteiger partial charge on any atom is 0.252 e. The number of benzene rings is 6. The third kappa shape index (κ3) is 7.89. The number of anilines is 8. The van der Waals surface area contributed by atoms with Gasteiger partial charge in [-0.05, 0) is 127 Å². The molecule has 0 spiro atoms. The number of fused-ring (bicyclic) bond motifs is 4. The molecule has 0 radical (unpaired) electrons. The molecule has 0 aromatic heterocycles. The third-order valence-electron chi connectivity index (χ3n) is 13.4. The molecule has 1 atom stereocenters. The normalized spacial score (nSPS) is 15.8. The molecule has 4 heteroatoms. The standard InChI is InChI=1S/C60H64BN3/c1-57(2,3)41-21-19-20-26-47(32-27-41)63-52-35-30-43(59(7,8)9)37-50(52)61-51-38-44(60(10,11)12)31-36-53(51)64(48-33-28-42(29-34-48)58(4,5)6)55-40-49(39-54(63)56(55)61)62(45-22-15-13-16-23-45)46-24-17-14-18-25-46/h13-18,21-25,27-40,47H,19H2,1-12H3. The van der Waals surface area contributed by atoms with Crippen LogP contribution in [0.4, 0.5) is 45.5 Å². The van der Waals surface area contributed by atoms with E-state index in [1.54, 1.807) is 0 Å². The van der Waals surface area contributed by atoms with Crippen LogP contribution >= 0.6 is 0 Å². The number of allylic oxidation sites excluding steroid dienone is 3. The summed E-state index contributed by atoms with van der Waals surface area (Å²) in [5.74, 6) is 7.43. The zero-order chi connectivity index (χ0) is 45.3. The van der Waals surface area contributed by atoms with Crippen molar-refractivity contribution in [3.05, 3.63) is 174 Å². The van der Waals surface area contributed by atoms with Crippen molar-refractivity contribution in [3.8, 4) is 11.8 Å². The largest absolute Gasteiger partial charge is 0.324 e. The molecule has 0 amide bonds. The van der Waals surface area contributed by atoms with Crippen LogP contribution in [0.5, 0.6) is 0 Å². The van der Waals surface area contributed by atoms with Crippen LogP contribution in [0.15, 0.2) is 157 Å². The summed E-state index contributed by atoms with van der Waals surface area (Å²) in [7, 11) is 0. The Kier molecular flexibility index (Phi) is 10.6. The molecular weight excluding hydrogens is 773 g/mol. The van der Waals surface area contributed by atoms with Crippen molar-refractivity contribution in [1.29, 1.82) is 0 Å². The van der Waals surface area contributed by atoms with Gasteiger partial charge in [-0.2, -0.15) is 0 Å². The molecule has 64 heavy (non-hydrogen) atoms. The van der Waals surface area contributed by atoms with Gasteiger partial charge < -0.3 is 14.7 Å². The van der Waals surface area contributed by atoms with Crippen LogP contribution in [0.25, 0.3) is 0 Å². The molecule has 322 valence electrons. The maximum atomic E-state index is 3.80. The fourth-order valence-corrected chi connectivity index (χ4v) is 9.72. The Bertz CT molecular complexity index is 2810. The summed E-state index contributed by atoms with van der Waals surface area (Å²) in [6.07, 6.45) is 7.73. The van der Waals surface area contributed by atoms with Gasteiger partial charge in [0, 0.05) is 46.2 Å². The van der Waals surface area contributed by atoms with Gasteiger partial charge in [-0.3, -0.25) is 0 Å². The van der Waals surface area contributed by atoms with Crippen LogP contribution in [0.1, 0.15) is 106 Å². The molecule has 0 N–H and O–H groups in total.